The minimum absolute atomic E-state index is 1.14. The van der Waals surface area contributed by atoms with Crippen molar-refractivity contribution in [2.45, 2.75) is 0 Å². The van der Waals surface area contributed by atoms with Gasteiger partial charge in [0.15, 0.2) is 0 Å². The average Bonchev–Trinajstić information content (AvgIpc) is 3.84. The average molecular weight is 650 g/mol. The highest BCUT2D eigenvalue weighted by molar-refractivity contribution is 6.22. The zero-order valence-corrected chi connectivity index (χ0v) is 27.7. The normalized spacial score (nSPS) is 11.9. The molecule has 3 nitrogen and oxygen atoms in total. The molecule has 0 radical (unpaired) electrons. The number of aromatic nitrogens is 3. The van der Waals surface area contributed by atoms with Crippen molar-refractivity contribution in [3.63, 3.8) is 0 Å². The Balaban J connectivity index is 1.19. The molecule has 0 spiro atoms. The highest BCUT2D eigenvalue weighted by atomic mass is 15.0. The second kappa shape index (κ2) is 10.8. The zero-order chi connectivity index (χ0) is 33.5. The van der Waals surface area contributed by atoms with Crippen molar-refractivity contribution in [2.24, 2.45) is 0 Å². The van der Waals surface area contributed by atoms with Crippen molar-refractivity contribution in [1.29, 1.82) is 0 Å². The predicted octanol–water partition coefficient (Wildman–Crippen LogP) is 12.6. The molecule has 0 aliphatic rings. The topological polar surface area (TPSA) is 14.8 Å². The van der Waals surface area contributed by atoms with Gasteiger partial charge >= 0.3 is 0 Å². The van der Waals surface area contributed by atoms with Gasteiger partial charge in [-0.2, -0.15) is 0 Å². The van der Waals surface area contributed by atoms with Crippen LogP contribution in [-0.2, 0) is 0 Å². The Kier molecular flexibility index (Phi) is 5.96. The second-order valence-corrected chi connectivity index (χ2v) is 13.3. The van der Waals surface area contributed by atoms with E-state index in [0.717, 1.165) is 11.4 Å². The number of benzene rings is 8. The monoisotopic (exact) mass is 649 g/mol. The quantitative estimate of drug-likeness (QED) is 0.180. The highest BCUT2D eigenvalue weighted by Gasteiger charge is 2.21. The Morgan fingerprint density at radius 3 is 1.08 bits per heavy atom. The van der Waals surface area contributed by atoms with Crippen molar-refractivity contribution in [3.8, 4) is 28.2 Å². The van der Waals surface area contributed by atoms with Gasteiger partial charge in [-0.15, -0.1) is 0 Å². The van der Waals surface area contributed by atoms with E-state index in [1.54, 1.807) is 0 Å². The van der Waals surface area contributed by atoms with Crippen LogP contribution in [0.5, 0.6) is 0 Å². The number of fused-ring (bicyclic) bond motifs is 9. The molecule has 8 aromatic carbocycles. The van der Waals surface area contributed by atoms with E-state index in [1.807, 2.05) is 0 Å². The van der Waals surface area contributed by atoms with Crippen LogP contribution in [0.1, 0.15) is 0 Å². The lowest BCUT2D eigenvalue weighted by atomic mass is 9.95. The molecule has 0 amide bonds. The van der Waals surface area contributed by atoms with Crippen LogP contribution >= 0.6 is 0 Å². The smallest absolute Gasteiger partial charge is 0.0547 e. The largest absolute Gasteiger partial charge is 0.309 e. The van der Waals surface area contributed by atoms with E-state index in [0.29, 0.717) is 0 Å². The maximum atomic E-state index is 2.44. The maximum absolute atomic E-state index is 2.44. The van der Waals surface area contributed by atoms with Crippen LogP contribution in [0.2, 0.25) is 0 Å². The van der Waals surface area contributed by atoms with Gasteiger partial charge in [-0.25, -0.2) is 0 Å². The van der Waals surface area contributed by atoms with Gasteiger partial charge < -0.3 is 13.7 Å². The summed E-state index contributed by atoms with van der Waals surface area (Å²) in [6, 6.07) is 68.4. The second-order valence-electron chi connectivity index (χ2n) is 13.3. The van der Waals surface area contributed by atoms with Gasteiger partial charge in [0.1, 0.15) is 0 Å². The van der Waals surface area contributed by atoms with Crippen molar-refractivity contribution in [1.82, 2.24) is 13.7 Å². The van der Waals surface area contributed by atoms with Gasteiger partial charge in [0, 0.05) is 49.4 Å². The summed E-state index contributed by atoms with van der Waals surface area (Å²) in [4.78, 5) is 0. The third-order valence-electron chi connectivity index (χ3n) is 10.6. The lowest BCUT2D eigenvalue weighted by molar-refractivity contribution is 1.13. The summed E-state index contributed by atoms with van der Waals surface area (Å²) in [5, 5.41) is 7.57. The number of hydrogen-bond acceptors (Lipinski definition) is 0. The Labute approximate surface area is 294 Å². The van der Waals surface area contributed by atoms with Gasteiger partial charge in [0.05, 0.1) is 33.1 Å². The van der Waals surface area contributed by atoms with Crippen LogP contribution in [0, 0.1) is 0 Å². The van der Waals surface area contributed by atoms with Gasteiger partial charge in [-0.05, 0) is 77.9 Å². The standard InChI is InChI=1S/C48H31N3/c1-2-15-32(16-3-1)49-43-27-10-6-21-39(43)47-37(23-13-29-45(47)49)38-24-14-30-46-48(38)40-22-7-11-28-44(40)51(46)34-18-12-17-33(31-34)50-41-25-8-4-19-35(41)36-20-5-9-26-42(36)50/h1-31H. The van der Waals surface area contributed by atoms with E-state index >= 15 is 0 Å². The van der Waals surface area contributed by atoms with Gasteiger partial charge in [-0.1, -0.05) is 121 Å². The molecule has 0 saturated carbocycles. The molecule has 0 aliphatic heterocycles. The molecule has 0 bridgehead atoms. The Bertz CT molecular complexity index is 3080. The molecular weight excluding hydrogens is 619 g/mol. The summed E-state index contributed by atoms with van der Waals surface area (Å²) < 4.78 is 7.24. The fourth-order valence-corrected chi connectivity index (χ4v) is 8.59. The Morgan fingerprint density at radius 2 is 0.569 bits per heavy atom. The summed E-state index contributed by atoms with van der Waals surface area (Å²) in [6.07, 6.45) is 0. The Morgan fingerprint density at radius 1 is 0.235 bits per heavy atom. The lowest BCUT2D eigenvalue weighted by Gasteiger charge is -2.13. The third kappa shape index (κ3) is 4.00. The van der Waals surface area contributed by atoms with Crippen molar-refractivity contribution >= 4 is 65.4 Å². The highest BCUT2D eigenvalue weighted by Crippen LogP contribution is 2.44. The molecule has 11 rings (SSSR count). The number of rotatable bonds is 4. The first-order valence-corrected chi connectivity index (χ1v) is 17.5. The molecular formula is C48H31N3. The first-order chi connectivity index (χ1) is 25.3. The number of nitrogens with zero attached hydrogens (tertiary/aromatic N) is 3. The summed E-state index contributed by atoms with van der Waals surface area (Å²) in [7, 11) is 0. The van der Waals surface area contributed by atoms with E-state index in [2.05, 4.69) is 202 Å². The third-order valence-corrected chi connectivity index (χ3v) is 10.6. The van der Waals surface area contributed by atoms with Gasteiger partial charge in [0.25, 0.3) is 0 Å². The zero-order valence-electron chi connectivity index (χ0n) is 27.7. The van der Waals surface area contributed by atoms with E-state index in [1.165, 1.54) is 82.2 Å². The minimum atomic E-state index is 1.14. The summed E-state index contributed by atoms with van der Waals surface area (Å²) in [5.41, 5.74) is 13.2. The molecule has 0 atom stereocenters. The van der Waals surface area contributed by atoms with Crippen LogP contribution in [-0.4, -0.2) is 13.7 Å². The van der Waals surface area contributed by atoms with Crippen LogP contribution in [0.4, 0.5) is 0 Å². The number of para-hydroxylation sites is 5. The Hall–Kier alpha value is -6.84. The first-order valence-electron chi connectivity index (χ1n) is 17.5. The molecule has 3 aromatic heterocycles. The fourth-order valence-electron chi connectivity index (χ4n) is 8.59. The van der Waals surface area contributed by atoms with E-state index in [-0.39, 0.29) is 0 Å². The molecule has 3 heteroatoms. The van der Waals surface area contributed by atoms with Gasteiger partial charge in [-0.3, -0.25) is 0 Å². The molecule has 0 aliphatic carbocycles. The lowest BCUT2D eigenvalue weighted by Crippen LogP contribution is -1.98. The SMILES string of the molecule is c1ccc(-n2c3ccccc3c3c(-c4cccc5c4c4ccccc4n5-c4cccc(-n5c6ccccc6c6ccccc65)c4)cccc32)cc1. The van der Waals surface area contributed by atoms with E-state index < -0.39 is 0 Å². The molecule has 0 saturated heterocycles. The number of hydrogen-bond donors (Lipinski definition) is 0. The van der Waals surface area contributed by atoms with E-state index in [4.69, 9.17) is 0 Å². The molecule has 51 heavy (non-hydrogen) atoms. The van der Waals surface area contributed by atoms with Crippen LogP contribution < -0.4 is 0 Å². The van der Waals surface area contributed by atoms with Crippen LogP contribution in [0.15, 0.2) is 188 Å². The summed E-state index contributed by atoms with van der Waals surface area (Å²) in [6.45, 7) is 0. The first kappa shape index (κ1) is 28.0. The van der Waals surface area contributed by atoms with Crippen molar-refractivity contribution in [3.05, 3.63) is 188 Å². The molecule has 0 unspecified atom stereocenters. The predicted molar refractivity (Wildman–Crippen MR) is 215 cm³/mol. The molecule has 0 N–H and O–H groups in total. The van der Waals surface area contributed by atoms with Crippen LogP contribution in [0.25, 0.3) is 93.6 Å². The van der Waals surface area contributed by atoms with Crippen molar-refractivity contribution < 1.29 is 0 Å². The molecule has 0 fully saturated rings. The minimum Gasteiger partial charge on any atom is -0.309 e. The molecule has 11 aromatic rings. The summed E-state index contributed by atoms with van der Waals surface area (Å²) in [5.74, 6) is 0. The van der Waals surface area contributed by atoms with Gasteiger partial charge in [0.2, 0.25) is 0 Å². The van der Waals surface area contributed by atoms with E-state index in [9.17, 15) is 0 Å². The van der Waals surface area contributed by atoms with Crippen LogP contribution in [0.3, 0.4) is 0 Å². The maximum Gasteiger partial charge on any atom is 0.0547 e. The molecule has 3 heterocycles. The molecule has 238 valence electrons. The van der Waals surface area contributed by atoms with Crippen molar-refractivity contribution in [2.75, 3.05) is 0 Å². The fraction of sp³-hybridized carbons (Fsp3) is 0. The summed E-state index contributed by atoms with van der Waals surface area (Å²) >= 11 is 0.